The molecule has 0 atom stereocenters. The number of aromatic amines is 1. The van der Waals surface area contributed by atoms with Crippen LogP contribution in [0.15, 0.2) is 48.5 Å². The van der Waals surface area contributed by atoms with Crippen LogP contribution < -0.4 is 0 Å². The summed E-state index contributed by atoms with van der Waals surface area (Å²) in [7, 11) is 0. The molecular weight excluding hydrogens is 440 g/mol. The Hall–Kier alpha value is -3.65. The largest absolute Gasteiger partial charge is 0.481 e. The van der Waals surface area contributed by atoms with E-state index in [9.17, 15) is 9.90 Å². The van der Waals surface area contributed by atoms with Crippen LogP contribution in [0.4, 0.5) is 0 Å². The summed E-state index contributed by atoms with van der Waals surface area (Å²) in [5.41, 5.74) is 5.05. The van der Waals surface area contributed by atoms with Gasteiger partial charge < -0.3 is 5.11 Å². The summed E-state index contributed by atoms with van der Waals surface area (Å²) in [6.07, 6.45) is 2.93. The van der Waals surface area contributed by atoms with E-state index in [1.807, 2.05) is 48.5 Å². The summed E-state index contributed by atoms with van der Waals surface area (Å²) in [4.78, 5) is 20.4. The highest BCUT2D eigenvalue weighted by molar-refractivity contribution is 6.30. The lowest BCUT2D eigenvalue weighted by molar-refractivity contribution is -0.136. The quantitative estimate of drug-likeness (QED) is 0.350. The summed E-state index contributed by atoms with van der Waals surface area (Å²) in [5, 5.41) is 23.7. The van der Waals surface area contributed by atoms with Gasteiger partial charge in [0.25, 0.3) is 0 Å². The van der Waals surface area contributed by atoms with Crippen LogP contribution in [0.1, 0.15) is 42.4 Å². The molecule has 0 saturated carbocycles. The lowest BCUT2D eigenvalue weighted by Crippen LogP contribution is -2.11. The molecule has 0 unspecified atom stereocenters. The predicted molar refractivity (Wildman–Crippen MR) is 125 cm³/mol. The molecule has 0 aliphatic carbocycles. The molecule has 2 aromatic carbocycles. The maximum atomic E-state index is 11.4. The van der Waals surface area contributed by atoms with Crippen LogP contribution in [0.25, 0.3) is 22.5 Å². The molecule has 33 heavy (non-hydrogen) atoms. The number of halogens is 1. The van der Waals surface area contributed by atoms with Gasteiger partial charge in [0.1, 0.15) is 11.0 Å². The number of aliphatic carboxylic acids is 1. The van der Waals surface area contributed by atoms with E-state index in [4.69, 9.17) is 11.6 Å². The number of hydrogen-bond donors (Lipinski definition) is 2. The van der Waals surface area contributed by atoms with Crippen molar-refractivity contribution in [2.75, 3.05) is 0 Å². The van der Waals surface area contributed by atoms with E-state index in [-0.39, 0.29) is 11.6 Å². The van der Waals surface area contributed by atoms with Crippen LogP contribution in [0.2, 0.25) is 5.15 Å². The topological polar surface area (TPSA) is 118 Å². The average Bonchev–Trinajstić information content (AvgIpc) is 3.35. The smallest absolute Gasteiger partial charge is 0.308 e. The van der Waals surface area contributed by atoms with Crippen molar-refractivity contribution < 1.29 is 9.90 Å². The van der Waals surface area contributed by atoms with E-state index >= 15 is 0 Å². The lowest BCUT2D eigenvalue weighted by Gasteiger charge is -2.12. The zero-order valence-corrected chi connectivity index (χ0v) is 18.9. The van der Waals surface area contributed by atoms with Gasteiger partial charge in [-0.1, -0.05) is 73.5 Å². The third-order valence-corrected chi connectivity index (χ3v) is 5.65. The number of H-pyrrole nitrogens is 1. The molecule has 0 aliphatic rings. The molecule has 0 radical (unpaired) electrons. The first kappa shape index (κ1) is 22.5. The molecule has 2 aromatic heterocycles. The molecule has 4 aromatic rings. The fourth-order valence-electron chi connectivity index (χ4n) is 3.68. The fourth-order valence-corrected chi connectivity index (χ4v) is 3.95. The molecule has 9 heteroatoms. The minimum atomic E-state index is -0.961. The second-order valence-corrected chi connectivity index (χ2v) is 8.06. The van der Waals surface area contributed by atoms with E-state index in [0.717, 1.165) is 35.1 Å². The first-order valence-electron chi connectivity index (χ1n) is 10.7. The molecule has 0 saturated heterocycles. The Balaban J connectivity index is 1.64. The second-order valence-electron chi connectivity index (χ2n) is 7.70. The summed E-state index contributed by atoms with van der Waals surface area (Å²) in [5.74, 6) is 0.289. The van der Waals surface area contributed by atoms with Crippen LogP contribution in [0.3, 0.4) is 0 Å². The van der Waals surface area contributed by atoms with Crippen molar-refractivity contribution in [2.45, 2.75) is 39.0 Å². The maximum Gasteiger partial charge on any atom is 0.308 e. The number of carboxylic acid groups (broad SMARTS) is 1. The molecule has 0 bridgehead atoms. The zero-order chi connectivity index (χ0) is 23.2. The summed E-state index contributed by atoms with van der Waals surface area (Å²) >= 11 is 6.36. The Morgan fingerprint density at radius 1 is 1.06 bits per heavy atom. The first-order valence-corrected chi connectivity index (χ1v) is 11.1. The first-order chi connectivity index (χ1) is 16.0. The molecule has 0 amide bonds. The number of benzene rings is 2. The number of tetrazole rings is 1. The van der Waals surface area contributed by atoms with Crippen molar-refractivity contribution in [2.24, 2.45) is 0 Å². The highest BCUT2D eigenvalue weighted by Crippen LogP contribution is 2.30. The number of aryl methyl sites for hydroxylation is 1. The Kier molecular flexibility index (Phi) is 7.04. The molecule has 2 heterocycles. The van der Waals surface area contributed by atoms with Gasteiger partial charge in [-0.25, -0.2) is 15.1 Å². The summed E-state index contributed by atoms with van der Waals surface area (Å²) in [6.45, 7) is 2.10. The molecule has 0 aliphatic heterocycles. The molecule has 4 rings (SSSR count). The zero-order valence-electron chi connectivity index (χ0n) is 18.1. The predicted octanol–water partition coefficient (Wildman–Crippen LogP) is 4.54. The van der Waals surface area contributed by atoms with Crippen LogP contribution in [-0.2, 0) is 24.1 Å². The van der Waals surface area contributed by atoms with Gasteiger partial charge in [-0.2, -0.15) is 0 Å². The van der Waals surface area contributed by atoms with Crippen molar-refractivity contribution in [3.8, 4) is 22.5 Å². The lowest BCUT2D eigenvalue weighted by atomic mass is 9.97. The molecule has 0 fully saturated rings. The van der Waals surface area contributed by atoms with E-state index in [1.54, 1.807) is 0 Å². The van der Waals surface area contributed by atoms with Crippen molar-refractivity contribution in [1.82, 2.24) is 30.6 Å². The van der Waals surface area contributed by atoms with Crippen molar-refractivity contribution in [3.05, 3.63) is 76.3 Å². The summed E-state index contributed by atoms with van der Waals surface area (Å²) < 4.78 is 0. The second kappa shape index (κ2) is 10.3. The van der Waals surface area contributed by atoms with Gasteiger partial charge in [0, 0.05) is 24.0 Å². The van der Waals surface area contributed by atoms with Gasteiger partial charge in [-0.05, 0) is 33.5 Å². The fraction of sp³-hybridized carbons (Fsp3) is 0.250. The third-order valence-electron chi connectivity index (χ3n) is 5.33. The van der Waals surface area contributed by atoms with Crippen molar-refractivity contribution in [3.63, 3.8) is 0 Å². The number of nitrogens with one attached hydrogen (secondary N) is 1. The van der Waals surface area contributed by atoms with E-state index in [0.29, 0.717) is 35.7 Å². The molecule has 2 N–H and O–H groups in total. The third kappa shape index (κ3) is 5.40. The van der Waals surface area contributed by atoms with E-state index in [1.165, 1.54) is 0 Å². The van der Waals surface area contributed by atoms with Gasteiger partial charge in [-0.15, -0.1) is 5.10 Å². The Morgan fingerprint density at radius 3 is 2.48 bits per heavy atom. The number of rotatable bonds is 9. The summed E-state index contributed by atoms with van der Waals surface area (Å²) in [6, 6.07) is 16.0. The number of aromatic nitrogens is 6. The van der Waals surface area contributed by atoms with Crippen molar-refractivity contribution >= 4 is 17.6 Å². The number of hydrogen-bond acceptors (Lipinski definition) is 6. The maximum absolute atomic E-state index is 11.4. The molecule has 8 nitrogen and oxygen atoms in total. The minimum absolute atomic E-state index is 0.209. The molecular formula is C24H23ClN6O2. The Morgan fingerprint density at radius 2 is 1.82 bits per heavy atom. The Bertz CT molecular complexity index is 1240. The normalized spacial score (nSPS) is 11.0. The SMILES string of the molecule is CCCCc1nc(Cl)c(CC(=O)O)c(Cc2ccc(-c3ccccc3-c3nnn[nH]3)cc2)n1. The van der Waals surface area contributed by atoms with Crippen LogP contribution in [0, 0.1) is 0 Å². The number of carbonyl (C=O) groups is 1. The van der Waals surface area contributed by atoms with Gasteiger partial charge in [0.15, 0.2) is 5.82 Å². The molecule has 168 valence electrons. The minimum Gasteiger partial charge on any atom is -0.481 e. The highest BCUT2D eigenvalue weighted by atomic mass is 35.5. The number of carboxylic acids is 1. The van der Waals surface area contributed by atoms with Crippen LogP contribution in [0.5, 0.6) is 0 Å². The van der Waals surface area contributed by atoms with Crippen molar-refractivity contribution in [1.29, 1.82) is 0 Å². The van der Waals surface area contributed by atoms with E-state index in [2.05, 4.69) is 37.5 Å². The monoisotopic (exact) mass is 462 g/mol. The molecule has 0 spiro atoms. The van der Waals surface area contributed by atoms with Gasteiger partial charge in [0.05, 0.1) is 12.1 Å². The van der Waals surface area contributed by atoms with Gasteiger partial charge in [-0.3, -0.25) is 4.79 Å². The van der Waals surface area contributed by atoms with Gasteiger partial charge in [0.2, 0.25) is 0 Å². The van der Waals surface area contributed by atoms with Crippen LogP contribution >= 0.6 is 11.6 Å². The standard InChI is InChI=1S/C24H23ClN6O2/c1-2-3-8-21-26-20(19(14-22(32)33)23(25)27-21)13-15-9-11-16(12-10-15)17-6-4-5-7-18(17)24-28-30-31-29-24/h4-7,9-12H,2-3,8,13-14H2,1H3,(H,32,33)(H,28,29,30,31). The Labute approximate surface area is 196 Å². The van der Waals surface area contributed by atoms with E-state index < -0.39 is 5.97 Å². The van der Waals surface area contributed by atoms with Crippen LogP contribution in [-0.4, -0.2) is 41.7 Å². The highest BCUT2D eigenvalue weighted by Gasteiger charge is 2.17. The average molecular weight is 463 g/mol. The van der Waals surface area contributed by atoms with Gasteiger partial charge >= 0.3 is 5.97 Å². The number of unbranched alkanes of at least 4 members (excludes halogenated alkanes) is 1. The number of nitrogens with zero attached hydrogens (tertiary/aromatic N) is 5.